The van der Waals surface area contributed by atoms with Crippen molar-refractivity contribution in [3.05, 3.63) is 0 Å². The van der Waals surface area contributed by atoms with E-state index in [9.17, 15) is 5.11 Å². The van der Waals surface area contributed by atoms with Gasteiger partial charge in [0.15, 0.2) is 0 Å². The number of aliphatic hydroxyl groups excluding tert-OH is 2. The molecule has 11 heavy (non-hydrogen) atoms. The van der Waals surface area contributed by atoms with Gasteiger partial charge in [-0.1, -0.05) is 6.92 Å². The summed E-state index contributed by atoms with van der Waals surface area (Å²) in [6.45, 7) is 3.43. The van der Waals surface area contributed by atoms with Crippen molar-refractivity contribution in [1.82, 2.24) is 0 Å². The quantitative estimate of drug-likeness (QED) is 0.539. The van der Waals surface area contributed by atoms with E-state index < -0.39 is 5.60 Å². The Hall–Kier alpha value is -0.120. The van der Waals surface area contributed by atoms with E-state index in [0.29, 0.717) is 6.42 Å². The van der Waals surface area contributed by atoms with Gasteiger partial charge >= 0.3 is 0 Å². The van der Waals surface area contributed by atoms with Gasteiger partial charge in [-0.3, -0.25) is 0 Å². The molecule has 68 valence electrons. The Bertz CT molecular complexity index is 102. The van der Waals surface area contributed by atoms with Crippen molar-refractivity contribution in [3.8, 4) is 0 Å². The highest BCUT2D eigenvalue weighted by molar-refractivity contribution is 4.71. The number of rotatable bonds is 5. The molecular formula is C8H18O3. The molecule has 0 aliphatic rings. The molecule has 0 fully saturated rings. The smallest absolute Gasteiger partial charge is 0.0849 e. The molecule has 0 spiro atoms. The van der Waals surface area contributed by atoms with Gasteiger partial charge in [-0.15, -0.1) is 0 Å². The lowest BCUT2D eigenvalue weighted by molar-refractivity contribution is -0.0107. The first-order valence-corrected chi connectivity index (χ1v) is 3.96. The molecule has 0 aromatic carbocycles. The van der Waals surface area contributed by atoms with Crippen molar-refractivity contribution in [2.45, 2.75) is 32.3 Å². The van der Waals surface area contributed by atoms with Gasteiger partial charge in [0.2, 0.25) is 0 Å². The lowest BCUT2D eigenvalue weighted by Crippen LogP contribution is -2.29. The van der Waals surface area contributed by atoms with E-state index in [1.54, 1.807) is 6.92 Å². The first-order valence-electron chi connectivity index (χ1n) is 3.96. The molecule has 0 unspecified atom stereocenters. The van der Waals surface area contributed by atoms with Gasteiger partial charge < -0.3 is 15.3 Å². The minimum absolute atomic E-state index is 0.140. The standard InChI is InChI=1S/C8H18O3/c1-7(5-9)3-4-8(2,11)6-10/h7,9-11H,3-6H2,1-2H3/t7-,8+/m1/s1. The number of hydrogen-bond acceptors (Lipinski definition) is 3. The molecule has 0 saturated heterocycles. The summed E-state index contributed by atoms with van der Waals surface area (Å²) in [6.07, 6.45) is 1.27. The van der Waals surface area contributed by atoms with Crippen LogP contribution in [0.1, 0.15) is 26.7 Å². The lowest BCUT2D eigenvalue weighted by atomic mass is 9.96. The maximum Gasteiger partial charge on any atom is 0.0849 e. The molecule has 0 heterocycles. The first kappa shape index (κ1) is 10.9. The second-order valence-corrected chi connectivity index (χ2v) is 3.48. The van der Waals surface area contributed by atoms with Crippen LogP contribution in [0.15, 0.2) is 0 Å². The van der Waals surface area contributed by atoms with Crippen LogP contribution >= 0.6 is 0 Å². The third kappa shape index (κ3) is 5.18. The summed E-state index contributed by atoms with van der Waals surface area (Å²) in [6, 6.07) is 0. The van der Waals surface area contributed by atoms with E-state index in [2.05, 4.69) is 0 Å². The van der Waals surface area contributed by atoms with Crippen LogP contribution in [-0.2, 0) is 0 Å². The molecule has 0 aromatic rings. The molecular weight excluding hydrogens is 144 g/mol. The molecule has 3 nitrogen and oxygen atoms in total. The Morgan fingerprint density at radius 2 is 1.91 bits per heavy atom. The Labute approximate surface area is 67.7 Å². The zero-order chi connectivity index (χ0) is 8.91. The van der Waals surface area contributed by atoms with Gasteiger partial charge in [0.1, 0.15) is 0 Å². The summed E-state index contributed by atoms with van der Waals surface area (Å²) in [5.41, 5.74) is -0.983. The average molecular weight is 162 g/mol. The van der Waals surface area contributed by atoms with Crippen LogP contribution in [0.4, 0.5) is 0 Å². The lowest BCUT2D eigenvalue weighted by Gasteiger charge is -2.21. The minimum atomic E-state index is -0.983. The summed E-state index contributed by atoms with van der Waals surface area (Å²) >= 11 is 0. The van der Waals surface area contributed by atoms with Crippen molar-refractivity contribution in [3.63, 3.8) is 0 Å². The molecule has 0 aromatic heterocycles. The topological polar surface area (TPSA) is 60.7 Å². The Morgan fingerprint density at radius 1 is 1.36 bits per heavy atom. The zero-order valence-corrected chi connectivity index (χ0v) is 7.25. The normalized spacial score (nSPS) is 19.4. The van der Waals surface area contributed by atoms with Crippen molar-refractivity contribution in [2.75, 3.05) is 13.2 Å². The van der Waals surface area contributed by atoms with Gasteiger partial charge in [-0.05, 0) is 25.7 Å². The molecule has 0 saturated carbocycles. The van der Waals surface area contributed by atoms with Gasteiger partial charge in [-0.25, -0.2) is 0 Å². The number of hydrogen-bond donors (Lipinski definition) is 3. The van der Waals surface area contributed by atoms with Gasteiger partial charge in [0.05, 0.1) is 12.2 Å². The van der Waals surface area contributed by atoms with Gasteiger partial charge in [-0.2, -0.15) is 0 Å². The number of aliphatic hydroxyl groups is 3. The van der Waals surface area contributed by atoms with E-state index in [1.807, 2.05) is 6.92 Å². The summed E-state index contributed by atoms with van der Waals surface area (Å²) in [5.74, 6) is 0.202. The Kier molecular flexibility index (Phi) is 4.65. The molecule has 3 heteroatoms. The third-order valence-electron chi connectivity index (χ3n) is 1.83. The highest BCUT2D eigenvalue weighted by Gasteiger charge is 2.19. The third-order valence-corrected chi connectivity index (χ3v) is 1.83. The van der Waals surface area contributed by atoms with Crippen LogP contribution in [0.25, 0.3) is 0 Å². The molecule has 2 atom stereocenters. The van der Waals surface area contributed by atoms with E-state index >= 15 is 0 Å². The van der Waals surface area contributed by atoms with Crippen LogP contribution in [0.5, 0.6) is 0 Å². The van der Waals surface area contributed by atoms with E-state index in [0.717, 1.165) is 6.42 Å². The van der Waals surface area contributed by atoms with Crippen molar-refractivity contribution in [1.29, 1.82) is 0 Å². The summed E-state index contributed by atoms with van der Waals surface area (Å²) in [5, 5.41) is 26.7. The van der Waals surface area contributed by atoms with Crippen LogP contribution in [0.3, 0.4) is 0 Å². The second-order valence-electron chi connectivity index (χ2n) is 3.48. The molecule has 0 rings (SSSR count). The van der Waals surface area contributed by atoms with Crippen LogP contribution in [-0.4, -0.2) is 34.1 Å². The van der Waals surface area contributed by atoms with Gasteiger partial charge in [0.25, 0.3) is 0 Å². The molecule has 0 aliphatic heterocycles. The van der Waals surface area contributed by atoms with E-state index in [-0.39, 0.29) is 19.1 Å². The zero-order valence-electron chi connectivity index (χ0n) is 7.25. The Balaban J connectivity index is 3.52. The largest absolute Gasteiger partial charge is 0.396 e. The predicted octanol–water partition coefficient (Wildman–Crippen LogP) is 0.138. The van der Waals surface area contributed by atoms with E-state index in [4.69, 9.17) is 10.2 Å². The fourth-order valence-electron chi connectivity index (χ4n) is 0.728. The van der Waals surface area contributed by atoms with Gasteiger partial charge in [0, 0.05) is 6.61 Å². The van der Waals surface area contributed by atoms with Crippen LogP contribution in [0, 0.1) is 5.92 Å². The van der Waals surface area contributed by atoms with Crippen molar-refractivity contribution in [2.24, 2.45) is 5.92 Å². The highest BCUT2D eigenvalue weighted by Crippen LogP contribution is 2.15. The molecule has 0 amide bonds. The fourth-order valence-corrected chi connectivity index (χ4v) is 0.728. The maximum absolute atomic E-state index is 9.34. The molecule has 0 bridgehead atoms. The Morgan fingerprint density at radius 3 is 2.27 bits per heavy atom. The second kappa shape index (κ2) is 4.70. The molecule has 3 N–H and O–H groups in total. The van der Waals surface area contributed by atoms with Crippen molar-refractivity contribution >= 4 is 0 Å². The monoisotopic (exact) mass is 162 g/mol. The molecule has 0 radical (unpaired) electrons. The summed E-state index contributed by atoms with van der Waals surface area (Å²) in [7, 11) is 0. The maximum atomic E-state index is 9.34. The summed E-state index contributed by atoms with van der Waals surface area (Å²) in [4.78, 5) is 0. The highest BCUT2D eigenvalue weighted by atomic mass is 16.3. The predicted molar refractivity (Wildman–Crippen MR) is 43.2 cm³/mol. The minimum Gasteiger partial charge on any atom is -0.396 e. The fraction of sp³-hybridized carbons (Fsp3) is 1.00. The van der Waals surface area contributed by atoms with Crippen LogP contribution in [0.2, 0.25) is 0 Å². The van der Waals surface area contributed by atoms with E-state index in [1.165, 1.54) is 0 Å². The average Bonchev–Trinajstić information content (AvgIpc) is 2.00. The molecule has 0 aliphatic carbocycles. The summed E-state index contributed by atoms with van der Waals surface area (Å²) < 4.78 is 0. The van der Waals surface area contributed by atoms with Crippen LogP contribution < -0.4 is 0 Å². The first-order chi connectivity index (χ1) is 5.02. The van der Waals surface area contributed by atoms with Crippen molar-refractivity contribution < 1.29 is 15.3 Å². The SMILES string of the molecule is C[C@@H](CO)CC[C@](C)(O)CO.